The van der Waals surface area contributed by atoms with Gasteiger partial charge in [-0.25, -0.2) is 4.98 Å². The summed E-state index contributed by atoms with van der Waals surface area (Å²) in [6, 6.07) is 13.6. The van der Waals surface area contributed by atoms with Crippen molar-refractivity contribution < 1.29 is 9.59 Å². The van der Waals surface area contributed by atoms with Gasteiger partial charge < -0.3 is 10.6 Å². The van der Waals surface area contributed by atoms with Crippen molar-refractivity contribution >= 4 is 34.5 Å². The Bertz CT molecular complexity index is 871. The van der Waals surface area contributed by atoms with Crippen LogP contribution in [-0.2, 0) is 17.9 Å². The second-order valence-electron chi connectivity index (χ2n) is 5.37. The van der Waals surface area contributed by atoms with Crippen LogP contribution in [0.1, 0.15) is 27.2 Å². The van der Waals surface area contributed by atoms with Crippen molar-refractivity contribution in [1.82, 2.24) is 15.6 Å². The number of hydrogen-bond donors (Lipinski definition) is 2. The van der Waals surface area contributed by atoms with E-state index in [1.165, 1.54) is 18.3 Å². The van der Waals surface area contributed by atoms with Gasteiger partial charge in [-0.3, -0.25) is 9.59 Å². The standard InChI is InChI=1S/C18H17N3O2S2/c1-12(22)19-10-15-7-8-16(25-15)17(23)20-9-14-11-24-18(21-14)13-5-3-2-4-6-13/h2-8,11H,9-10H2,1H3,(H,19,22)(H,20,23). The number of benzene rings is 1. The van der Waals surface area contributed by atoms with E-state index < -0.39 is 0 Å². The van der Waals surface area contributed by atoms with Gasteiger partial charge in [0.05, 0.1) is 23.7 Å². The molecule has 2 N–H and O–H groups in total. The van der Waals surface area contributed by atoms with Crippen molar-refractivity contribution in [2.24, 2.45) is 0 Å². The van der Waals surface area contributed by atoms with E-state index in [0.29, 0.717) is 18.0 Å². The van der Waals surface area contributed by atoms with Crippen LogP contribution in [0.4, 0.5) is 0 Å². The molecule has 128 valence electrons. The second-order valence-corrected chi connectivity index (χ2v) is 7.39. The zero-order chi connectivity index (χ0) is 17.6. The molecule has 0 aliphatic heterocycles. The number of aromatic nitrogens is 1. The van der Waals surface area contributed by atoms with Crippen LogP contribution in [-0.4, -0.2) is 16.8 Å². The normalized spacial score (nSPS) is 10.4. The van der Waals surface area contributed by atoms with Crippen LogP contribution in [0.25, 0.3) is 10.6 Å². The average Bonchev–Trinajstić information content (AvgIpc) is 3.28. The molecule has 0 radical (unpaired) electrons. The van der Waals surface area contributed by atoms with Gasteiger partial charge in [0.25, 0.3) is 5.91 Å². The minimum absolute atomic E-state index is 0.0860. The molecule has 0 fully saturated rings. The van der Waals surface area contributed by atoms with E-state index in [0.717, 1.165) is 21.1 Å². The zero-order valence-corrected chi connectivity index (χ0v) is 15.2. The van der Waals surface area contributed by atoms with Crippen molar-refractivity contribution in [3.05, 3.63) is 63.3 Å². The largest absolute Gasteiger partial charge is 0.351 e. The first-order valence-corrected chi connectivity index (χ1v) is 9.42. The number of nitrogens with zero attached hydrogens (tertiary/aromatic N) is 1. The first-order valence-electron chi connectivity index (χ1n) is 7.73. The molecule has 0 bridgehead atoms. The lowest BCUT2D eigenvalue weighted by Gasteiger charge is -2.01. The molecular formula is C18H17N3O2S2. The third kappa shape index (κ3) is 4.74. The fraction of sp³-hybridized carbons (Fsp3) is 0.167. The van der Waals surface area contributed by atoms with Crippen LogP contribution in [0.3, 0.4) is 0 Å². The molecule has 0 saturated carbocycles. The molecule has 2 aromatic heterocycles. The Morgan fingerprint density at radius 3 is 2.60 bits per heavy atom. The third-order valence-corrected chi connectivity index (χ3v) is 5.42. The Balaban J connectivity index is 1.56. The Hall–Kier alpha value is -2.51. The Kier molecular flexibility index (Phi) is 5.57. The molecule has 0 unspecified atom stereocenters. The summed E-state index contributed by atoms with van der Waals surface area (Å²) in [6.07, 6.45) is 0. The minimum atomic E-state index is -0.131. The summed E-state index contributed by atoms with van der Waals surface area (Å²) in [5, 5.41) is 8.51. The molecule has 0 atom stereocenters. The van der Waals surface area contributed by atoms with E-state index in [1.807, 2.05) is 41.8 Å². The van der Waals surface area contributed by atoms with Crippen molar-refractivity contribution in [2.75, 3.05) is 0 Å². The number of amides is 2. The molecule has 0 aliphatic carbocycles. The van der Waals surface area contributed by atoms with E-state index in [1.54, 1.807) is 17.4 Å². The Morgan fingerprint density at radius 2 is 1.84 bits per heavy atom. The molecule has 3 rings (SSSR count). The number of hydrogen-bond acceptors (Lipinski definition) is 5. The molecule has 5 nitrogen and oxygen atoms in total. The number of carbonyl (C=O) groups is 2. The highest BCUT2D eigenvalue weighted by Gasteiger charge is 2.11. The second kappa shape index (κ2) is 8.04. The van der Waals surface area contributed by atoms with Gasteiger partial charge in [0.2, 0.25) is 5.91 Å². The summed E-state index contributed by atoms with van der Waals surface area (Å²) in [6.45, 7) is 2.31. The van der Waals surface area contributed by atoms with Crippen LogP contribution in [0, 0.1) is 0 Å². The van der Waals surface area contributed by atoms with Gasteiger partial charge in [0, 0.05) is 22.7 Å². The van der Waals surface area contributed by atoms with Crippen molar-refractivity contribution in [3.63, 3.8) is 0 Å². The van der Waals surface area contributed by atoms with Crippen molar-refractivity contribution in [3.8, 4) is 10.6 Å². The zero-order valence-electron chi connectivity index (χ0n) is 13.6. The van der Waals surface area contributed by atoms with Gasteiger partial charge in [-0.15, -0.1) is 22.7 Å². The predicted molar refractivity (Wildman–Crippen MR) is 101 cm³/mol. The van der Waals surface area contributed by atoms with Gasteiger partial charge in [-0.05, 0) is 12.1 Å². The van der Waals surface area contributed by atoms with Crippen LogP contribution in [0.2, 0.25) is 0 Å². The molecule has 25 heavy (non-hydrogen) atoms. The fourth-order valence-electron chi connectivity index (χ4n) is 2.17. The first kappa shape index (κ1) is 17.3. The summed E-state index contributed by atoms with van der Waals surface area (Å²) >= 11 is 2.94. The number of nitrogens with one attached hydrogen (secondary N) is 2. The quantitative estimate of drug-likeness (QED) is 0.697. The lowest BCUT2D eigenvalue weighted by Crippen LogP contribution is -2.22. The Morgan fingerprint density at radius 1 is 1.04 bits per heavy atom. The van der Waals surface area contributed by atoms with E-state index in [-0.39, 0.29) is 11.8 Å². The highest BCUT2D eigenvalue weighted by molar-refractivity contribution is 7.14. The molecule has 2 amide bonds. The fourth-order valence-corrected chi connectivity index (χ4v) is 3.86. The van der Waals surface area contributed by atoms with E-state index in [2.05, 4.69) is 15.6 Å². The molecule has 3 aromatic rings. The smallest absolute Gasteiger partial charge is 0.261 e. The van der Waals surface area contributed by atoms with Gasteiger partial charge in [0.1, 0.15) is 5.01 Å². The van der Waals surface area contributed by atoms with E-state index >= 15 is 0 Å². The molecule has 0 spiro atoms. The predicted octanol–water partition coefficient (Wildman–Crippen LogP) is 3.44. The van der Waals surface area contributed by atoms with Crippen molar-refractivity contribution in [1.29, 1.82) is 0 Å². The van der Waals surface area contributed by atoms with Gasteiger partial charge in [-0.1, -0.05) is 30.3 Å². The molecular weight excluding hydrogens is 354 g/mol. The third-order valence-electron chi connectivity index (χ3n) is 3.40. The maximum Gasteiger partial charge on any atom is 0.261 e. The average molecular weight is 371 g/mol. The van der Waals surface area contributed by atoms with Crippen LogP contribution < -0.4 is 10.6 Å². The minimum Gasteiger partial charge on any atom is -0.351 e. The summed E-state index contributed by atoms with van der Waals surface area (Å²) in [4.78, 5) is 29.3. The SMILES string of the molecule is CC(=O)NCc1ccc(C(=O)NCc2csc(-c3ccccc3)n2)s1. The summed E-state index contributed by atoms with van der Waals surface area (Å²) in [5.41, 5.74) is 1.91. The highest BCUT2D eigenvalue weighted by atomic mass is 32.1. The van der Waals surface area contributed by atoms with Crippen LogP contribution >= 0.6 is 22.7 Å². The highest BCUT2D eigenvalue weighted by Crippen LogP contribution is 2.23. The number of thiophene rings is 1. The number of thiazole rings is 1. The lowest BCUT2D eigenvalue weighted by atomic mass is 10.2. The Labute approximate surface area is 153 Å². The monoisotopic (exact) mass is 371 g/mol. The molecule has 2 heterocycles. The summed E-state index contributed by atoms with van der Waals surface area (Å²) in [5.74, 6) is -0.217. The number of carbonyl (C=O) groups excluding carboxylic acids is 2. The molecule has 0 aliphatic rings. The number of rotatable bonds is 6. The van der Waals surface area contributed by atoms with Gasteiger partial charge >= 0.3 is 0 Å². The first-order chi connectivity index (χ1) is 12.1. The van der Waals surface area contributed by atoms with E-state index in [4.69, 9.17) is 0 Å². The molecule has 1 aromatic carbocycles. The molecule has 7 heteroatoms. The van der Waals surface area contributed by atoms with Gasteiger partial charge in [-0.2, -0.15) is 0 Å². The van der Waals surface area contributed by atoms with Crippen LogP contribution in [0.15, 0.2) is 47.8 Å². The maximum absolute atomic E-state index is 12.2. The lowest BCUT2D eigenvalue weighted by molar-refractivity contribution is -0.119. The molecule has 0 saturated heterocycles. The topological polar surface area (TPSA) is 71.1 Å². The summed E-state index contributed by atoms with van der Waals surface area (Å²) < 4.78 is 0. The van der Waals surface area contributed by atoms with Gasteiger partial charge in [0.15, 0.2) is 0 Å². The van der Waals surface area contributed by atoms with Crippen LogP contribution in [0.5, 0.6) is 0 Å². The maximum atomic E-state index is 12.2. The van der Waals surface area contributed by atoms with Crippen molar-refractivity contribution in [2.45, 2.75) is 20.0 Å². The summed E-state index contributed by atoms with van der Waals surface area (Å²) in [7, 11) is 0. The van der Waals surface area contributed by atoms with E-state index in [9.17, 15) is 9.59 Å².